The first-order chi connectivity index (χ1) is 8.18. The minimum absolute atomic E-state index is 0.0915. The maximum atomic E-state index is 12.1. The number of hydrogen-bond donors (Lipinski definition) is 1. The van der Waals surface area contributed by atoms with Crippen LogP contribution in [0.3, 0.4) is 0 Å². The molecule has 4 heteroatoms. The molecule has 17 heavy (non-hydrogen) atoms. The van der Waals surface area contributed by atoms with E-state index in [1.807, 2.05) is 18.4 Å². The molecule has 1 fully saturated rings. The highest BCUT2D eigenvalue weighted by Gasteiger charge is 2.24. The first-order valence-corrected chi connectivity index (χ1v) is 7.97. The molecule has 0 saturated heterocycles. The van der Waals surface area contributed by atoms with Crippen LogP contribution in [0.4, 0.5) is 0 Å². The topological polar surface area (TPSA) is 29.1 Å². The van der Waals surface area contributed by atoms with Crippen molar-refractivity contribution in [1.82, 2.24) is 5.32 Å². The van der Waals surface area contributed by atoms with E-state index in [1.165, 1.54) is 30.6 Å². The fraction of sp³-hybridized carbons (Fsp3) is 0.615. The third kappa shape index (κ3) is 3.32. The maximum absolute atomic E-state index is 12.1. The molecule has 1 saturated carbocycles. The molecular weight excluding hydrogens is 298 g/mol. The van der Waals surface area contributed by atoms with Crippen molar-refractivity contribution in [1.29, 1.82) is 0 Å². The van der Waals surface area contributed by atoms with Gasteiger partial charge in [0.1, 0.15) is 0 Å². The predicted molar refractivity (Wildman–Crippen MR) is 76.1 cm³/mol. The third-order valence-corrected chi connectivity index (χ3v) is 5.43. The van der Waals surface area contributed by atoms with Crippen molar-refractivity contribution < 1.29 is 4.79 Å². The van der Waals surface area contributed by atoms with Gasteiger partial charge in [-0.25, -0.2) is 0 Å². The van der Waals surface area contributed by atoms with Crippen molar-refractivity contribution in [3.63, 3.8) is 0 Å². The first kappa shape index (κ1) is 13.1. The van der Waals surface area contributed by atoms with Crippen molar-refractivity contribution in [3.05, 3.63) is 21.9 Å². The number of nitrogens with one attached hydrogen (secondary N) is 1. The normalized spacial score (nSPS) is 25.3. The van der Waals surface area contributed by atoms with E-state index in [0.717, 1.165) is 23.3 Å². The van der Waals surface area contributed by atoms with Crippen molar-refractivity contribution in [2.24, 2.45) is 0 Å². The number of aryl methyl sites for hydroxylation is 1. The zero-order valence-corrected chi connectivity index (χ0v) is 12.4. The van der Waals surface area contributed by atoms with Gasteiger partial charge >= 0.3 is 0 Å². The highest BCUT2D eigenvalue weighted by molar-refractivity contribution is 9.09. The number of carbonyl (C=O) groups is 1. The molecule has 0 spiro atoms. The lowest BCUT2D eigenvalue weighted by atomic mass is 10.1. The molecule has 1 aliphatic rings. The van der Waals surface area contributed by atoms with Gasteiger partial charge < -0.3 is 5.32 Å². The molecule has 2 unspecified atom stereocenters. The average molecular weight is 316 g/mol. The van der Waals surface area contributed by atoms with Crippen molar-refractivity contribution in [2.45, 2.75) is 49.9 Å². The lowest BCUT2D eigenvalue weighted by Crippen LogP contribution is -2.40. The van der Waals surface area contributed by atoms with Gasteiger partial charge in [0.25, 0.3) is 5.91 Å². The van der Waals surface area contributed by atoms with Gasteiger partial charge in [-0.1, -0.05) is 35.2 Å². The molecule has 0 bridgehead atoms. The molecule has 1 amide bonds. The van der Waals surface area contributed by atoms with Gasteiger partial charge in [-0.05, 0) is 36.8 Å². The second-order valence-corrected chi connectivity index (χ2v) is 6.76. The Hall–Kier alpha value is -0.350. The molecule has 1 aliphatic carbocycles. The fourth-order valence-electron chi connectivity index (χ4n) is 2.26. The Bertz CT molecular complexity index is 391. The van der Waals surface area contributed by atoms with Crippen LogP contribution in [0, 0.1) is 6.92 Å². The van der Waals surface area contributed by atoms with Crippen LogP contribution in [0.5, 0.6) is 0 Å². The Morgan fingerprint density at radius 1 is 1.41 bits per heavy atom. The van der Waals surface area contributed by atoms with Crippen LogP contribution >= 0.6 is 27.3 Å². The smallest absolute Gasteiger partial charge is 0.261 e. The number of carbonyl (C=O) groups excluding carboxylic acids is 1. The zero-order valence-electron chi connectivity index (χ0n) is 10.0. The van der Waals surface area contributed by atoms with Gasteiger partial charge in [0, 0.05) is 10.9 Å². The van der Waals surface area contributed by atoms with Gasteiger partial charge in [0.05, 0.1) is 4.88 Å². The Morgan fingerprint density at radius 3 is 2.88 bits per heavy atom. The van der Waals surface area contributed by atoms with E-state index in [0.29, 0.717) is 4.83 Å². The monoisotopic (exact) mass is 315 g/mol. The number of alkyl halides is 1. The van der Waals surface area contributed by atoms with E-state index in [-0.39, 0.29) is 11.9 Å². The minimum Gasteiger partial charge on any atom is -0.347 e. The van der Waals surface area contributed by atoms with Crippen LogP contribution in [-0.4, -0.2) is 16.8 Å². The maximum Gasteiger partial charge on any atom is 0.261 e. The zero-order chi connectivity index (χ0) is 12.3. The van der Waals surface area contributed by atoms with E-state index in [4.69, 9.17) is 0 Å². The Labute approximate surface area is 115 Å². The summed E-state index contributed by atoms with van der Waals surface area (Å²) in [6, 6.07) is 2.28. The molecule has 1 aromatic rings. The van der Waals surface area contributed by atoms with E-state index in [1.54, 1.807) is 0 Å². The summed E-state index contributed by atoms with van der Waals surface area (Å²) in [4.78, 5) is 13.4. The average Bonchev–Trinajstić information content (AvgIpc) is 2.63. The van der Waals surface area contributed by atoms with Gasteiger partial charge in [-0.2, -0.15) is 0 Å². The van der Waals surface area contributed by atoms with Crippen molar-refractivity contribution in [2.75, 3.05) is 0 Å². The molecule has 2 nitrogen and oxygen atoms in total. The molecular formula is C13H18BrNOS. The molecule has 0 aliphatic heterocycles. The highest BCUT2D eigenvalue weighted by atomic mass is 79.9. The molecule has 1 aromatic heterocycles. The van der Waals surface area contributed by atoms with E-state index >= 15 is 0 Å². The minimum atomic E-state index is 0.0915. The Kier molecular flexibility index (Phi) is 4.62. The van der Waals surface area contributed by atoms with Crippen LogP contribution in [0.25, 0.3) is 0 Å². The van der Waals surface area contributed by atoms with E-state index in [2.05, 4.69) is 21.2 Å². The van der Waals surface area contributed by atoms with Crippen LogP contribution in [-0.2, 0) is 0 Å². The number of rotatable bonds is 2. The Morgan fingerprint density at radius 2 is 2.18 bits per heavy atom. The summed E-state index contributed by atoms with van der Waals surface area (Å²) in [7, 11) is 0. The number of thiophene rings is 1. The van der Waals surface area contributed by atoms with Crippen LogP contribution in [0.15, 0.2) is 11.4 Å². The second-order valence-electron chi connectivity index (χ2n) is 4.67. The summed E-state index contributed by atoms with van der Waals surface area (Å²) in [5, 5.41) is 5.15. The molecule has 2 rings (SSSR count). The summed E-state index contributed by atoms with van der Waals surface area (Å²) in [5.41, 5.74) is 1.08. The molecule has 0 aromatic carbocycles. The lowest BCUT2D eigenvalue weighted by molar-refractivity contribution is 0.0938. The molecule has 1 heterocycles. The second kappa shape index (κ2) is 6.01. The lowest BCUT2D eigenvalue weighted by Gasteiger charge is -2.21. The van der Waals surface area contributed by atoms with Crippen LogP contribution in [0.2, 0.25) is 0 Å². The summed E-state index contributed by atoms with van der Waals surface area (Å²) in [6.07, 6.45) is 6.02. The molecule has 1 N–H and O–H groups in total. The quantitative estimate of drug-likeness (QED) is 0.651. The van der Waals surface area contributed by atoms with E-state index < -0.39 is 0 Å². The largest absolute Gasteiger partial charge is 0.347 e. The van der Waals surface area contributed by atoms with Crippen molar-refractivity contribution in [3.8, 4) is 0 Å². The van der Waals surface area contributed by atoms with Crippen molar-refractivity contribution >= 4 is 33.2 Å². The number of halogens is 1. The SMILES string of the molecule is Cc1ccsc1C(=O)NC1CCCCCC1Br. The molecule has 2 atom stereocenters. The van der Waals surface area contributed by atoms with Gasteiger partial charge in [0.15, 0.2) is 0 Å². The summed E-state index contributed by atoms with van der Waals surface area (Å²) in [5.74, 6) is 0.0915. The number of amides is 1. The fourth-order valence-corrected chi connectivity index (χ4v) is 3.81. The van der Waals surface area contributed by atoms with Crippen LogP contribution < -0.4 is 5.32 Å². The summed E-state index contributed by atoms with van der Waals surface area (Å²) >= 11 is 5.23. The van der Waals surface area contributed by atoms with E-state index in [9.17, 15) is 4.79 Å². The van der Waals surface area contributed by atoms with Crippen LogP contribution in [0.1, 0.15) is 47.3 Å². The van der Waals surface area contributed by atoms with Gasteiger partial charge in [0.2, 0.25) is 0 Å². The molecule has 94 valence electrons. The number of hydrogen-bond acceptors (Lipinski definition) is 2. The predicted octanol–water partition coefficient (Wildman–Crippen LogP) is 3.88. The summed E-state index contributed by atoms with van der Waals surface area (Å²) < 4.78 is 0. The molecule has 0 radical (unpaired) electrons. The van der Waals surface area contributed by atoms with Gasteiger partial charge in [-0.15, -0.1) is 11.3 Å². The first-order valence-electron chi connectivity index (χ1n) is 6.17. The third-order valence-electron chi connectivity index (χ3n) is 3.32. The standard InChI is InChI=1S/C13H18BrNOS/c1-9-7-8-17-12(9)13(16)15-11-6-4-2-3-5-10(11)14/h7-8,10-11H,2-6H2,1H3,(H,15,16). The summed E-state index contributed by atoms with van der Waals surface area (Å²) in [6.45, 7) is 1.99. The Balaban J connectivity index is 2.00. The van der Waals surface area contributed by atoms with Gasteiger partial charge in [-0.3, -0.25) is 4.79 Å². The highest BCUT2D eigenvalue weighted by Crippen LogP contribution is 2.24.